The Kier molecular flexibility index (Phi) is 6.66. The zero-order valence-corrected chi connectivity index (χ0v) is 12.7. The van der Waals surface area contributed by atoms with Crippen molar-refractivity contribution in [2.24, 2.45) is 5.73 Å². The van der Waals surface area contributed by atoms with Gasteiger partial charge < -0.3 is 20.5 Å². The van der Waals surface area contributed by atoms with Crippen LogP contribution in [0.5, 0.6) is 11.5 Å². The molecule has 0 atom stereocenters. The van der Waals surface area contributed by atoms with Gasteiger partial charge in [0.25, 0.3) is 5.91 Å². The van der Waals surface area contributed by atoms with Gasteiger partial charge in [-0.15, -0.1) is 0 Å². The van der Waals surface area contributed by atoms with Gasteiger partial charge in [0.05, 0.1) is 18.2 Å². The van der Waals surface area contributed by atoms with E-state index < -0.39 is 0 Å². The topological polar surface area (TPSA) is 73.6 Å². The van der Waals surface area contributed by atoms with Crippen LogP contribution in [0.15, 0.2) is 16.6 Å². The summed E-state index contributed by atoms with van der Waals surface area (Å²) >= 11 is 3.40. The third-order valence-electron chi connectivity index (χ3n) is 2.37. The number of benzene rings is 1. The van der Waals surface area contributed by atoms with Crippen LogP contribution in [0.1, 0.15) is 23.7 Å². The van der Waals surface area contributed by atoms with Crippen molar-refractivity contribution < 1.29 is 14.3 Å². The zero-order valence-electron chi connectivity index (χ0n) is 11.2. The summed E-state index contributed by atoms with van der Waals surface area (Å²) in [7, 11) is 1.54. The molecule has 1 rings (SSSR count). The molecular formula is C13H19BrN2O3. The molecule has 0 fully saturated rings. The SMILES string of the molecule is CCCOc1c(Br)cc(C(=O)NCCN)cc1OC. The fourth-order valence-electron chi connectivity index (χ4n) is 1.48. The number of carbonyl (C=O) groups excluding carboxylic acids is 1. The van der Waals surface area contributed by atoms with Gasteiger partial charge in [0.2, 0.25) is 0 Å². The zero-order chi connectivity index (χ0) is 14.3. The number of hydrogen-bond donors (Lipinski definition) is 2. The number of carbonyl (C=O) groups is 1. The van der Waals surface area contributed by atoms with Gasteiger partial charge in [-0.05, 0) is 34.5 Å². The first kappa shape index (κ1) is 15.8. The number of halogens is 1. The van der Waals surface area contributed by atoms with E-state index in [2.05, 4.69) is 21.2 Å². The summed E-state index contributed by atoms with van der Waals surface area (Å²) < 4.78 is 11.6. The maximum absolute atomic E-state index is 11.9. The summed E-state index contributed by atoms with van der Waals surface area (Å²) in [5.41, 5.74) is 5.85. The molecule has 19 heavy (non-hydrogen) atoms. The van der Waals surface area contributed by atoms with Gasteiger partial charge in [0.1, 0.15) is 0 Å². The first-order valence-electron chi connectivity index (χ1n) is 6.12. The summed E-state index contributed by atoms with van der Waals surface area (Å²) in [6.45, 7) is 3.46. The molecule has 0 aliphatic rings. The van der Waals surface area contributed by atoms with Crippen LogP contribution < -0.4 is 20.5 Å². The molecule has 0 saturated heterocycles. The van der Waals surface area contributed by atoms with Gasteiger partial charge in [0.15, 0.2) is 11.5 Å². The summed E-state index contributed by atoms with van der Waals surface area (Å²) in [5.74, 6) is 0.951. The molecule has 0 radical (unpaired) electrons. The number of nitrogens with one attached hydrogen (secondary N) is 1. The van der Waals surface area contributed by atoms with Crippen molar-refractivity contribution in [3.63, 3.8) is 0 Å². The number of methoxy groups -OCH3 is 1. The number of ether oxygens (including phenoxy) is 2. The van der Waals surface area contributed by atoms with Gasteiger partial charge in [-0.1, -0.05) is 6.92 Å². The lowest BCUT2D eigenvalue weighted by atomic mass is 10.2. The maximum atomic E-state index is 11.9. The summed E-state index contributed by atoms with van der Waals surface area (Å²) in [6, 6.07) is 3.36. The minimum Gasteiger partial charge on any atom is -0.493 e. The van der Waals surface area contributed by atoms with E-state index in [4.69, 9.17) is 15.2 Å². The van der Waals surface area contributed by atoms with E-state index >= 15 is 0 Å². The molecule has 0 saturated carbocycles. The molecule has 6 heteroatoms. The molecule has 5 nitrogen and oxygen atoms in total. The van der Waals surface area contributed by atoms with E-state index in [0.29, 0.717) is 41.2 Å². The third-order valence-corrected chi connectivity index (χ3v) is 2.96. The van der Waals surface area contributed by atoms with Gasteiger partial charge in [-0.3, -0.25) is 4.79 Å². The number of nitrogens with two attached hydrogens (primary N) is 1. The molecule has 106 valence electrons. The molecular weight excluding hydrogens is 312 g/mol. The molecule has 3 N–H and O–H groups in total. The number of rotatable bonds is 7. The normalized spacial score (nSPS) is 10.1. The van der Waals surface area contributed by atoms with E-state index in [0.717, 1.165) is 6.42 Å². The van der Waals surface area contributed by atoms with E-state index in [1.54, 1.807) is 19.2 Å². The average Bonchev–Trinajstić information content (AvgIpc) is 2.42. The van der Waals surface area contributed by atoms with E-state index in [-0.39, 0.29) is 5.91 Å². The highest BCUT2D eigenvalue weighted by molar-refractivity contribution is 9.10. The average molecular weight is 331 g/mol. The molecule has 0 heterocycles. The first-order valence-corrected chi connectivity index (χ1v) is 6.91. The molecule has 0 bridgehead atoms. The Morgan fingerprint density at radius 1 is 1.47 bits per heavy atom. The molecule has 0 aliphatic carbocycles. The van der Waals surface area contributed by atoms with Crippen LogP contribution in [0.3, 0.4) is 0 Å². The minimum absolute atomic E-state index is 0.188. The third kappa shape index (κ3) is 4.40. The summed E-state index contributed by atoms with van der Waals surface area (Å²) in [4.78, 5) is 11.9. The predicted octanol–water partition coefficient (Wildman–Crippen LogP) is 1.93. The van der Waals surface area contributed by atoms with Gasteiger partial charge in [-0.2, -0.15) is 0 Å². The Morgan fingerprint density at radius 2 is 2.21 bits per heavy atom. The molecule has 0 aromatic heterocycles. The second-order valence-corrected chi connectivity index (χ2v) is 4.74. The fraction of sp³-hybridized carbons (Fsp3) is 0.462. The largest absolute Gasteiger partial charge is 0.493 e. The molecule has 0 spiro atoms. The van der Waals surface area contributed by atoms with Crippen LogP contribution in [0.2, 0.25) is 0 Å². The van der Waals surface area contributed by atoms with Crippen LogP contribution in [-0.2, 0) is 0 Å². The van der Waals surface area contributed by atoms with Crippen molar-refractivity contribution in [3.8, 4) is 11.5 Å². The standard InChI is InChI=1S/C13H19BrN2O3/c1-3-6-19-12-10(14)7-9(8-11(12)18-2)13(17)16-5-4-15/h7-8H,3-6,15H2,1-2H3,(H,16,17). The Balaban J connectivity index is 2.98. The second kappa shape index (κ2) is 8.01. The van der Waals surface area contributed by atoms with E-state index in [9.17, 15) is 4.79 Å². The highest BCUT2D eigenvalue weighted by atomic mass is 79.9. The van der Waals surface area contributed by atoms with E-state index in [1.807, 2.05) is 6.92 Å². The first-order chi connectivity index (χ1) is 9.13. The second-order valence-electron chi connectivity index (χ2n) is 3.88. The molecule has 1 aromatic rings. The van der Waals surface area contributed by atoms with Crippen LogP contribution >= 0.6 is 15.9 Å². The lowest BCUT2D eigenvalue weighted by Gasteiger charge is -2.13. The van der Waals surface area contributed by atoms with Crippen LogP contribution in [-0.4, -0.2) is 32.7 Å². The Bertz CT molecular complexity index is 438. The quantitative estimate of drug-likeness (QED) is 0.801. The van der Waals surface area contributed by atoms with Gasteiger partial charge in [0, 0.05) is 18.7 Å². The van der Waals surface area contributed by atoms with Crippen LogP contribution in [0, 0.1) is 0 Å². The summed E-state index contributed by atoms with van der Waals surface area (Å²) in [5, 5.41) is 2.71. The number of hydrogen-bond acceptors (Lipinski definition) is 4. The van der Waals surface area contributed by atoms with Crippen molar-refractivity contribution >= 4 is 21.8 Å². The van der Waals surface area contributed by atoms with Crippen molar-refractivity contribution in [1.29, 1.82) is 0 Å². The molecule has 1 aromatic carbocycles. The Hall–Kier alpha value is -1.27. The van der Waals surface area contributed by atoms with Gasteiger partial charge >= 0.3 is 0 Å². The minimum atomic E-state index is -0.188. The highest BCUT2D eigenvalue weighted by Gasteiger charge is 2.15. The fourth-order valence-corrected chi connectivity index (χ4v) is 2.04. The van der Waals surface area contributed by atoms with Crippen LogP contribution in [0.4, 0.5) is 0 Å². The monoisotopic (exact) mass is 330 g/mol. The summed E-state index contributed by atoms with van der Waals surface area (Å²) in [6.07, 6.45) is 0.897. The number of amides is 1. The van der Waals surface area contributed by atoms with Crippen LogP contribution in [0.25, 0.3) is 0 Å². The maximum Gasteiger partial charge on any atom is 0.251 e. The Labute approximate surface area is 121 Å². The predicted molar refractivity (Wildman–Crippen MR) is 77.9 cm³/mol. The molecule has 0 unspecified atom stereocenters. The molecule has 1 amide bonds. The van der Waals surface area contributed by atoms with E-state index in [1.165, 1.54) is 0 Å². The van der Waals surface area contributed by atoms with Crippen molar-refractivity contribution in [2.75, 3.05) is 26.8 Å². The highest BCUT2D eigenvalue weighted by Crippen LogP contribution is 2.36. The van der Waals surface area contributed by atoms with Crippen molar-refractivity contribution in [1.82, 2.24) is 5.32 Å². The Morgan fingerprint density at radius 3 is 2.79 bits per heavy atom. The van der Waals surface area contributed by atoms with Gasteiger partial charge in [-0.25, -0.2) is 0 Å². The molecule has 0 aliphatic heterocycles. The smallest absolute Gasteiger partial charge is 0.251 e. The van der Waals surface area contributed by atoms with Crippen molar-refractivity contribution in [2.45, 2.75) is 13.3 Å². The van der Waals surface area contributed by atoms with Crippen molar-refractivity contribution in [3.05, 3.63) is 22.2 Å². The lowest BCUT2D eigenvalue weighted by molar-refractivity contribution is 0.0954. The lowest BCUT2D eigenvalue weighted by Crippen LogP contribution is -2.29.